The predicted molar refractivity (Wildman–Crippen MR) is 135 cm³/mol. The van der Waals surface area contributed by atoms with Crippen molar-refractivity contribution in [2.75, 3.05) is 5.75 Å². The molecular weight excluding hydrogens is 571 g/mol. The molecule has 0 spiro atoms. The van der Waals surface area contributed by atoms with E-state index >= 15 is 0 Å². The largest absolute Gasteiger partial charge is 0.417 e. The van der Waals surface area contributed by atoms with Crippen LogP contribution in [0.25, 0.3) is 6.08 Å². The monoisotopic (exact) mass is 591 g/mol. The molecule has 0 heterocycles. The lowest BCUT2D eigenvalue weighted by Gasteiger charge is -2.19. The highest BCUT2D eigenvalue weighted by atomic mass is 35.5. The van der Waals surface area contributed by atoms with E-state index in [9.17, 15) is 31.1 Å². The van der Waals surface area contributed by atoms with Crippen LogP contribution in [0.5, 0.6) is 0 Å². The average molecular weight is 593 g/mol. The first-order chi connectivity index (χ1) is 16.5. The van der Waals surface area contributed by atoms with Gasteiger partial charge in [-0.15, -0.1) is 0 Å². The quantitative estimate of drug-likeness (QED) is 0.244. The summed E-state index contributed by atoms with van der Waals surface area (Å²) >= 11 is 19.0. The van der Waals surface area contributed by atoms with Gasteiger partial charge in [-0.25, -0.2) is 0 Å². The number of thioether (sulfide) groups is 1. The number of amides is 1. The van der Waals surface area contributed by atoms with Gasteiger partial charge in [0.15, 0.2) is 0 Å². The van der Waals surface area contributed by atoms with Crippen molar-refractivity contribution >= 4 is 58.5 Å². The van der Waals surface area contributed by atoms with Crippen LogP contribution in [0.15, 0.2) is 36.4 Å². The molecule has 12 heteroatoms. The van der Waals surface area contributed by atoms with Crippen molar-refractivity contribution in [3.05, 3.63) is 73.7 Å². The van der Waals surface area contributed by atoms with E-state index in [2.05, 4.69) is 5.32 Å². The maximum absolute atomic E-state index is 13.7. The molecule has 198 valence electrons. The summed E-state index contributed by atoms with van der Waals surface area (Å²) in [5, 5.41) is 2.30. The number of alkyl halides is 6. The van der Waals surface area contributed by atoms with Gasteiger partial charge < -0.3 is 5.32 Å². The van der Waals surface area contributed by atoms with Gasteiger partial charge in [-0.3, -0.25) is 4.79 Å². The zero-order valence-corrected chi connectivity index (χ0v) is 22.3. The molecule has 0 aromatic heterocycles. The first-order valence-corrected chi connectivity index (χ1v) is 12.7. The molecule has 2 rings (SSSR count). The predicted octanol–water partition coefficient (Wildman–Crippen LogP) is 9.28. The van der Waals surface area contributed by atoms with E-state index in [0.717, 1.165) is 30.3 Å². The third-order valence-electron chi connectivity index (χ3n) is 4.85. The van der Waals surface area contributed by atoms with Crippen LogP contribution in [0, 0.1) is 0 Å². The Balaban J connectivity index is 2.40. The molecule has 2 nitrogen and oxygen atoms in total. The number of allylic oxidation sites excluding steroid dienone is 1. The van der Waals surface area contributed by atoms with Crippen molar-refractivity contribution in [1.82, 2.24) is 5.32 Å². The van der Waals surface area contributed by atoms with E-state index in [-0.39, 0.29) is 31.4 Å². The Hall–Kier alpha value is -1.55. The zero-order valence-electron chi connectivity index (χ0n) is 19.2. The zero-order chi connectivity index (χ0) is 27.4. The molecule has 0 bridgehead atoms. The van der Waals surface area contributed by atoms with Gasteiger partial charge in [-0.2, -0.15) is 38.1 Å². The Bertz CT molecular complexity index is 1100. The molecule has 2 aromatic carbocycles. The summed E-state index contributed by atoms with van der Waals surface area (Å²) in [4.78, 5) is 12.5. The standard InChI is InChI=1S/C24H22Cl3F6NOS/c1-12(2)36-11-13(3)34-22(35)16-6-4-14(8-18(16)24(31,32)33)5-7-17(23(28,29)30)15-9-19(25)21(27)20(26)10-15/h4-10,12-13,17H,11H2,1-3H3,(H,34,35)/b7-5+/t13-,17?/m1/s1. The Labute approximate surface area is 224 Å². The topological polar surface area (TPSA) is 29.1 Å². The van der Waals surface area contributed by atoms with Gasteiger partial charge in [0.05, 0.1) is 32.1 Å². The molecule has 0 radical (unpaired) electrons. The summed E-state index contributed by atoms with van der Waals surface area (Å²) < 4.78 is 82.4. The lowest BCUT2D eigenvalue weighted by Crippen LogP contribution is -2.35. The second kappa shape index (κ2) is 12.3. The summed E-state index contributed by atoms with van der Waals surface area (Å²) in [6.07, 6.45) is -8.12. The highest BCUT2D eigenvalue weighted by molar-refractivity contribution is 7.99. The number of carbonyl (C=O) groups excluding carboxylic acids is 1. The third kappa shape index (κ3) is 8.50. The summed E-state index contributed by atoms with van der Waals surface area (Å²) in [6, 6.07) is 4.31. The van der Waals surface area contributed by atoms with Crippen LogP contribution in [0.1, 0.15) is 53.7 Å². The molecule has 1 unspecified atom stereocenters. The van der Waals surface area contributed by atoms with E-state index in [0.29, 0.717) is 17.9 Å². The highest BCUT2D eigenvalue weighted by Crippen LogP contribution is 2.41. The van der Waals surface area contributed by atoms with Gasteiger partial charge >= 0.3 is 12.4 Å². The van der Waals surface area contributed by atoms with Crippen molar-refractivity contribution < 1.29 is 31.1 Å². The van der Waals surface area contributed by atoms with Crippen LogP contribution in [0.3, 0.4) is 0 Å². The molecule has 1 N–H and O–H groups in total. The van der Waals surface area contributed by atoms with Crippen molar-refractivity contribution in [1.29, 1.82) is 0 Å². The van der Waals surface area contributed by atoms with Crippen LogP contribution in [0.4, 0.5) is 26.3 Å². The van der Waals surface area contributed by atoms with Crippen LogP contribution < -0.4 is 5.32 Å². The van der Waals surface area contributed by atoms with E-state index in [4.69, 9.17) is 34.8 Å². The number of rotatable bonds is 8. The minimum Gasteiger partial charge on any atom is -0.349 e. The molecular formula is C24H22Cl3F6NOS. The number of halogens is 9. The number of carbonyl (C=O) groups is 1. The van der Waals surface area contributed by atoms with Gasteiger partial charge in [0, 0.05) is 11.8 Å². The Morgan fingerprint density at radius 2 is 1.58 bits per heavy atom. The number of hydrogen-bond donors (Lipinski definition) is 1. The van der Waals surface area contributed by atoms with E-state index < -0.39 is 41.3 Å². The summed E-state index contributed by atoms with van der Waals surface area (Å²) in [5.74, 6) is -2.64. The fourth-order valence-electron chi connectivity index (χ4n) is 3.15. The molecule has 0 aliphatic rings. The molecule has 2 atom stereocenters. The molecule has 0 fully saturated rings. The molecule has 0 saturated heterocycles. The van der Waals surface area contributed by atoms with Crippen molar-refractivity contribution in [2.45, 2.75) is 50.3 Å². The van der Waals surface area contributed by atoms with Gasteiger partial charge in [0.25, 0.3) is 5.91 Å². The minimum absolute atomic E-state index is 0.118. The van der Waals surface area contributed by atoms with Gasteiger partial charge in [0.2, 0.25) is 0 Å². The molecule has 36 heavy (non-hydrogen) atoms. The lowest BCUT2D eigenvalue weighted by atomic mass is 9.96. The van der Waals surface area contributed by atoms with E-state index in [1.807, 2.05) is 13.8 Å². The first-order valence-electron chi connectivity index (χ1n) is 10.5. The summed E-state index contributed by atoms with van der Waals surface area (Å²) in [5.41, 5.74) is -2.39. The van der Waals surface area contributed by atoms with E-state index in [1.165, 1.54) is 11.8 Å². The van der Waals surface area contributed by atoms with Gasteiger partial charge in [0.1, 0.15) is 0 Å². The summed E-state index contributed by atoms with van der Waals surface area (Å²) in [6.45, 7) is 5.57. The normalized spacial score (nSPS) is 14.4. The number of nitrogens with one attached hydrogen (secondary N) is 1. The lowest BCUT2D eigenvalue weighted by molar-refractivity contribution is -0.139. The van der Waals surface area contributed by atoms with E-state index in [1.54, 1.807) is 6.92 Å². The first kappa shape index (κ1) is 30.7. The Morgan fingerprint density at radius 3 is 2.08 bits per heavy atom. The second-order valence-electron chi connectivity index (χ2n) is 8.24. The fraction of sp³-hybridized carbons (Fsp3) is 0.375. The SMILES string of the molecule is CC(C)SC[C@@H](C)NC(=O)c1ccc(/C=C/C(c2cc(Cl)c(Cl)c(Cl)c2)C(F)(F)F)cc1C(F)(F)F. The van der Waals surface area contributed by atoms with Gasteiger partial charge in [-0.1, -0.05) is 66.9 Å². The van der Waals surface area contributed by atoms with Gasteiger partial charge in [-0.05, 0) is 47.6 Å². The molecule has 0 aliphatic heterocycles. The van der Waals surface area contributed by atoms with Crippen LogP contribution >= 0.6 is 46.6 Å². The number of benzene rings is 2. The van der Waals surface area contributed by atoms with Crippen LogP contribution in [0.2, 0.25) is 15.1 Å². The Morgan fingerprint density at radius 1 is 1.00 bits per heavy atom. The fourth-order valence-corrected chi connectivity index (χ4v) is 4.52. The van der Waals surface area contributed by atoms with Crippen LogP contribution in [-0.4, -0.2) is 29.1 Å². The molecule has 2 aromatic rings. The molecule has 0 saturated carbocycles. The highest BCUT2D eigenvalue weighted by Gasteiger charge is 2.40. The van der Waals surface area contributed by atoms with Crippen molar-refractivity contribution in [3.8, 4) is 0 Å². The summed E-state index contributed by atoms with van der Waals surface area (Å²) in [7, 11) is 0. The second-order valence-corrected chi connectivity index (χ2v) is 11.0. The average Bonchev–Trinajstić information content (AvgIpc) is 2.74. The Kier molecular flexibility index (Phi) is 10.5. The third-order valence-corrected chi connectivity index (χ3v) is 7.41. The molecule has 1 amide bonds. The van der Waals surface area contributed by atoms with Crippen molar-refractivity contribution in [3.63, 3.8) is 0 Å². The van der Waals surface area contributed by atoms with Crippen molar-refractivity contribution in [2.24, 2.45) is 0 Å². The maximum Gasteiger partial charge on any atom is 0.417 e. The maximum atomic E-state index is 13.7. The number of hydrogen-bond acceptors (Lipinski definition) is 2. The smallest absolute Gasteiger partial charge is 0.349 e. The molecule has 0 aliphatic carbocycles. The van der Waals surface area contributed by atoms with Crippen LogP contribution in [-0.2, 0) is 6.18 Å². The minimum atomic E-state index is -4.91.